The monoisotopic (exact) mass is 658 g/mol. The molecule has 2 aromatic carbocycles. The molecule has 1 unspecified atom stereocenters. The van der Waals surface area contributed by atoms with Gasteiger partial charge in [-0.05, 0) is 86.9 Å². The van der Waals surface area contributed by atoms with Crippen molar-refractivity contribution in [3.8, 4) is 5.75 Å². The minimum absolute atomic E-state index is 0.0248. The average Bonchev–Trinajstić information content (AvgIpc) is 3.34. The number of amides is 2. The van der Waals surface area contributed by atoms with Crippen molar-refractivity contribution in [3.05, 3.63) is 76.4 Å². The largest absolute Gasteiger partial charge is 0.598 e. The Balaban J connectivity index is 1.35. The summed E-state index contributed by atoms with van der Waals surface area (Å²) in [5.41, 5.74) is 0.775. The second-order valence-corrected chi connectivity index (χ2v) is 13.8. The van der Waals surface area contributed by atoms with Crippen LogP contribution in [0.5, 0.6) is 5.75 Å². The van der Waals surface area contributed by atoms with Gasteiger partial charge in [0.2, 0.25) is 0 Å². The van der Waals surface area contributed by atoms with Gasteiger partial charge in [-0.2, -0.15) is 13.2 Å². The van der Waals surface area contributed by atoms with E-state index in [4.69, 9.17) is 4.74 Å². The maximum Gasteiger partial charge on any atom is 0.416 e. The third-order valence-corrected chi connectivity index (χ3v) is 10.4. The van der Waals surface area contributed by atoms with Crippen LogP contribution in [0.25, 0.3) is 0 Å². The van der Waals surface area contributed by atoms with Crippen LogP contribution >= 0.6 is 0 Å². The number of piperidine rings is 1. The summed E-state index contributed by atoms with van der Waals surface area (Å²) in [6.45, 7) is 3.53. The molecule has 1 fully saturated rings. The van der Waals surface area contributed by atoms with E-state index in [-0.39, 0.29) is 35.6 Å². The van der Waals surface area contributed by atoms with Crippen molar-refractivity contribution in [2.75, 3.05) is 39.0 Å². The third-order valence-electron chi connectivity index (χ3n) is 8.89. The Morgan fingerprint density at radius 1 is 0.978 bits per heavy atom. The first kappa shape index (κ1) is 34.0. The van der Waals surface area contributed by atoms with Crippen LogP contribution in [0.2, 0.25) is 0 Å². The Bertz CT molecular complexity index is 1490. The lowest BCUT2D eigenvalue weighted by atomic mass is 9.89. The van der Waals surface area contributed by atoms with Crippen molar-refractivity contribution in [1.29, 1.82) is 0 Å². The minimum atomic E-state index is -4.61. The fourth-order valence-electron chi connectivity index (χ4n) is 6.06. The third kappa shape index (κ3) is 8.13. The maximum absolute atomic E-state index is 13.8. The van der Waals surface area contributed by atoms with Crippen molar-refractivity contribution < 1.29 is 32.0 Å². The van der Waals surface area contributed by atoms with E-state index in [9.17, 15) is 27.3 Å². The van der Waals surface area contributed by atoms with Crippen LogP contribution in [0.3, 0.4) is 0 Å². The number of alkyl halides is 3. The predicted molar refractivity (Wildman–Crippen MR) is 172 cm³/mol. The number of carbonyl (C=O) groups excluding carboxylic acids is 2. The predicted octanol–water partition coefficient (Wildman–Crippen LogP) is 5.60. The van der Waals surface area contributed by atoms with E-state index >= 15 is 0 Å². The number of amidine groups is 1. The number of aryl methyl sites for hydroxylation is 2. The lowest BCUT2D eigenvalue weighted by Gasteiger charge is -2.35. The molecule has 1 N–H and O–H groups in total. The van der Waals surface area contributed by atoms with Crippen LogP contribution in [0.15, 0.2) is 53.5 Å². The van der Waals surface area contributed by atoms with Gasteiger partial charge >= 0.3 is 6.18 Å². The number of aliphatic imine (C=N–C) groups is 1. The average molecular weight is 659 g/mol. The molecule has 0 aliphatic carbocycles. The highest BCUT2D eigenvalue weighted by atomic mass is 32.2. The summed E-state index contributed by atoms with van der Waals surface area (Å²) >= 11 is -1.30. The molecule has 46 heavy (non-hydrogen) atoms. The van der Waals surface area contributed by atoms with E-state index in [1.807, 2.05) is 48.6 Å². The first-order valence-corrected chi connectivity index (χ1v) is 17.1. The molecule has 7 bridgehead atoms. The molecule has 2 amide bonds. The molecule has 7 rings (SSSR count). The Hall–Kier alpha value is -3.35. The van der Waals surface area contributed by atoms with Gasteiger partial charge in [-0.25, -0.2) is 0 Å². The van der Waals surface area contributed by atoms with E-state index in [2.05, 4.69) is 10.3 Å². The molecule has 12 heteroatoms. The molecule has 2 aromatic rings. The van der Waals surface area contributed by atoms with E-state index in [0.717, 1.165) is 48.9 Å². The highest BCUT2D eigenvalue weighted by Gasteiger charge is 2.48. The molecule has 5 aliphatic rings. The standard InChI is InChI=1S/C34H41F3N4O4S/c1-24-20-26-11-10-25(24)12-19-46(44)41-16-13-33(14-17-41)32(43)38-30(39-33)27-21-28(34(35,36)37)23-29(22-27)45-18-9-7-5-3-4-6-8-15-40(2)31(26)42/h5,7,10-11,20-23H,3-4,6,8-9,12-19H2,1-2H3,(H,38,39,43)/b7-5-. The van der Waals surface area contributed by atoms with Crippen molar-refractivity contribution in [1.82, 2.24) is 14.5 Å². The molecule has 5 heterocycles. The first-order valence-electron chi connectivity index (χ1n) is 15.9. The molecule has 0 radical (unpaired) electrons. The normalized spacial score (nSPS) is 26.1. The molecule has 5 aliphatic heterocycles. The van der Waals surface area contributed by atoms with E-state index in [1.165, 1.54) is 6.07 Å². The maximum atomic E-state index is 13.8. The van der Waals surface area contributed by atoms with Crippen LogP contribution in [0.1, 0.15) is 77.6 Å². The van der Waals surface area contributed by atoms with Crippen LogP contribution < -0.4 is 10.1 Å². The fourth-order valence-corrected chi connectivity index (χ4v) is 7.30. The number of allylic oxidation sites excluding steroid dienone is 1. The minimum Gasteiger partial charge on any atom is -0.598 e. The van der Waals surface area contributed by atoms with Crippen molar-refractivity contribution >= 4 is 29.0 Å². The summed E-state index contributed by atoms with van der Waals surface area (Å²) in [6, 6.07) is 9.09. The topological polar surface area (TPSA) is 97.3 Å². The zero-order chi connectivity index (χ0) is 32.9. The number of hydrogen-bond donors (Lipinski definition) is 1. The number of hydrogen-bond acceptors (Lipinski definition) is 6. The molecule has 8 nitrogen and oxygen atoms in total. The molecule has 248 valence electrons. The van der Waals surface area contributed by atoms with Gasteiger partial charge in [0.1, 0.15) is 22.9 Å². The molecule has 1 spiro atoms. The van der Waals surface area contributed by atoms with Crippen molar-refractivity contribution in [2.45, 2.75) is 70.0 Å². The summed E-state index contributed by atoms with van der Waals surface area (Å²) < 4.78 is 62.2. The number of halogens is 3. The van der Waals surface area contributed by atoms with Gasteiger partial charge in [0, 0.05) is 55.6 Å². The number of ether oxygens (including phenoxy) is 1. The van der Waals surface area contributed by atoms with Gasteiger partial charge in [0.25, 0.3) is 11.8 Å². The van der Waals surface area contributed by atoms with Crippen LogP contribution in [0, 0.1) is 6.92 Å². The van der Waals surface area contributed by atoms with Gasteiger partial charge in [-0.15, -0.1) is 4.31 Å². The zero-order valence-corrected chi connectivity index (χ0v) is 27.1. The SMILES string of the molecule is Cc1cc2ccc1CC[S+]([O-])N1CCC3(CC1)N=C(NC3=O)c1cc(cc(C(F)(F)F)c1)OCC/C=C\CCCCCN(C)C2=O. The highest BCUT2D eigenvalue weighted by molar-refractivity contribution is 7.89. The second kappa shape index (κ2) is 14.6. The highest BCUT2D eigenvalue weighted by Crippen LogP contribution is 2.36. The number of rotatable bonds is 0. The number of nitrogens with one attached hydrogen (secondary N) is 1. The van der Waals surface area contributed by atoms with Crippen LogP contribution in [0.4, 0.5) is 13.2 Å². The molecular formula is C34H41F3N4O4S. The summed E-state index contributed by atoms with van der Waals surface area (Å²) in [7, 11) is 1.81. The molecule has 1 saturated heterocycles. The Morgan fingerprint density at radius 2 is 1.74 bits per heavy atom. The van der Waals surface area contributed by atoms with E-state index in [1.54, 1.807) is 4.90 Å². The lowest BCUT2D eigenvalue weighted by molar-refractivity contribution is -0.137. The Morgan fingerprint density at radius 3 is 2.48 bits per heavy atom. The van der Waals surface area contributed by atoms with E-state index in [0.29, 0.717) is 56.6 Å². The van der Waals surface area contributed by atoms with Crippen molar-refractivity contribution in [3.63, 3.8) is 0 Å². The number of benzene rings is 2. The molecule has 0 aromatic heterocycles. The van der Waals surface area contributed by atoms with Gasteiger partial charge in [-0.1, -0.05) is 24.6 Å². The fraction of sp³-hybridized carbons (Fsp3) is 0.500. The Kier molecular flexibility index (Phi) is 10.8. The van der Waals surface area contributed by atoms with Gasteiger partial charge in [-0.3, -0.25) is 14.6 Å². The van der Waals surface area contributed by atoms with Gasteiger partial charge < -0.3 is 19.5 Å². The number of nitrogens with zero attached hydrogens (tertiary/aromatic N) is 3. The molecule has 0 saturated carbocycles. The number of carbonyl (C=O) groups is 2. The smallest absolute Gasteiger partial charge is 0.416 e. The van der Waals surface area contributed by atoms with Crippen molar-refractivity contribution in [2.24, 2.45) is 4.99 Å². The molecular weight excluding hydrogens is 617 g/mol. The van der Waals surface area contributed by atoms with Crippen LogP contribution in [-0.2, 0) is 28.8 Å². The van der Waals surface area contributed by atoms with Gasteiger partial charge in [0.05, 0.1) is 12.2 Å². The number of fused-ring (bicyclic) bond motifs is 2. The summed E-state index contributed by atoms with van der Waals surface area (Å²) in [5.74, 6) is 0.148. The summed E-state index contributed by atoms with van der Waals surface area (Å²) in [6.07, 6.45) is 4.73. The molecule has 1 atom stereocenters. The second-order valence-electron chi connectivity index (χ2n) is 12.2. The zero-order valence-electron chi connectivity index (χ0n) is 26.3. The quantitative estimate of drug-likeness (QED) is 0.294. The Labute approximate surface area is 271 Å². The summed E-state index contributed by atoms with van der Waals surface area (Å²) in [4.78, 5) is 32.5. The first-order chi connectivity index (χ1) is 21.9. The summed E-state index contributed by atoms with van der Waals surface area (Å²) in [5, 5.41) is 2.71. The van der Waals surface area contributed by atoms with E-state index < -0.39 is 28.6 Å². The van der Waals surface area contributed by atoms with Crippen LogP contribution in [-0.4, -0.2) is 76.0 Å². The van der Waals surface area contributed by atoms with Gasteiger partial charge in [0.15, 0.2) is 0 Å². The lowest BCUT2D eigenvalue weighted by Crippen LogP contribution is -2.50.